The molecule has 2 N–H and O–H groups in total. The third kappa shape index (κ3) is 5.71. The second-order valence-corrected chi connectivity index (χ2v) is 8.76. The van der Waals surface area contributed by atoms with Crippen molar-refractivity contribution < 1.29 is 14.6 Å². The Hall–Kier alpha value is -2.62. The van der Waals surface area contributed by atoms with Crippen LogP contribution >= 0.6 is 0 Å². The molecule has 1 saturated carbocycles. The maximum Gasteiger partial charge on any atom is 0.153 e. The lowest BCUT2D eigenvalue weighted by molar-refractivity contribution is 0.00941. The number of nitrogens with one attached hydrogen (secondary N) is 1. The molecule has 2 aromatic carbocycles. The maximum atomic E-state index is 11.0. The minimum atomic E-state index is -0.391. The van der Waals surface area contributed by atoms with Crippen molar-refractivity contribution in [3.63, 3.8) is 0 Å². The first-order valence-electron chi connectivity index (χ1n) is 11.0. The molecule has 4 heteroatoms. The zero-order valence-electron chi connectivity index (χ0n) is 18.5. The molecule has 2 aromatic rings. The predicted molar refractivity (Wildman–Crippen MR) is 123 cm³/mol. The average Bonchev–Trinajstić information content (AvgIpc) is 2.76. The molecule has 3 rings (SSSR count). The number of aliphatic hydroxyl groups excluding tert-OH is 1. The minimum Gasteiger partial charge on any atom is -0.507 e. The summed E-state index contributed by atoms with van der Waals surface area (Å²) in [6.07, 6.45) is 5.18. The quantitative estimate of drug-likeness (QED) is 0.475. The van der Waals surface area contributed by atoms with Crippen LogP contribution in [0.1, 0.15) is 51.6 Å². The molecule has 0 aliphatic heterocycles. The van der Waals surface area contributed by atoms with Crippen LogP contribution in [0.4, 0.5) is 5.69 Å². The first-order valence-corrected chi connectivity index (χ1v) is 11.0. The number of hydrogen-bond donors (Lipinski definition) is 2. The lowest BCUT2D eigenvalue weighted by Crippen LogP contribution is -2.33. The van der Waals surface area contributed by atoms with Crippen LogP contribution in [-0.4, -0.2) is 18.3 Å². The van der Waals surface area contributed by atoms with E-state index < -0.39 is 6.04 Å². The lowest BCUT2D eigenvalue weighted by atomic mass is 9.75. The first-order chi connectivity index (χ1) is 14.5. The summed E-state index contributed by atoms with van der Waals surface area (Å²) >= 11 is 0. The van der Waals surface area contributed by atoms with Gasteiger partial charge < -0.3 is 19.9 Å². The molecule has 0 aromatic heterocycles. The van der Waals surface area contributed by atoms with Crippen molar-refractivity contribution in [2.75, 3.05) is 12.4 Å². The van der Waals surface area contributed by atoms with E-state index in [1.54, 1.807) is 13.4 Å². The highest BCUT2D eigenvalue weighted by Gasteiger charge is 2.32. The fraction of sp³-hybridized carbons (Fsp3) is 0.462. The third-order valence-electron chi connectivity index (χ3n) is 6.15. The highest BCUT2D eigenvalue weighted by Crippen LogP contribution is 2.36. The highest BCUT2D eigenvalue weighted by molar-refractivity contribution is 5.50. The van der Waals surface area contributed by atoms with E-state index in [1.807, 2.05) is 54.6 Å². The van der Waals surface area contributed by atoms with Gasteiger partial charge in [0.25, 0.3) is 0 Å². The van der Waals surface area contributed by atoms with Gasteiger partial charge in [0, 0.05) is 5.69 Å². The second-order valence-electron chi connectivity index (χ2n) is 8.76. The fourth-order valence-electron chi connectivity index (χ4n) is 4.32. The highest BCUT2D eigenvalue weighted by atomic mass is 16.5. The summed E-state index contributed by atoms with van der Waals surface area (Å²) < 4.78 is 11.4. The van der Waals surface area contributed by atoms with Crippen molar-refractivity contribution in [2.24, 2.45) is 17.8 Å². The van der Waals surface area contributed by atoms with Gasteiger partial charge in [0.15, 0.2) is 5.76 Å². The van der Waals surface area contributed by atoms with Gasteiger partial charge in [-0.05, 0) is 60.4 Å². The molecular weight excluding hydrogens is 374 g/mol. The Kier molecular flexibility index (Phi) is 7.67. The number of methoxy groups -OCH3 is 1. The smallest absolute Gasteiger partial charge is 0.153 e. The van der Waals surface area contributed by atoms with E-state index in [4.69, 9.17) is 9.47 Å². The average molecular weight is 410 g/mol. The van der Waals surface area contributed by atoms with Gasteiger partial charge in [0.1, 0.15) is 24.2 Å². The Bertz CT molecular complexity index is 801. The summed E-state index contributed by atoms with van der Waals surface area (Å²) in [5.41, 5.74) is 1.87. The van der Waals surface area contributed by atoms with Crippen molar-refractivity contribution >= 4 is 5.69 Å². The Morgan fingerprint density at radius 1 is 1.07 bits per heavy atom. The summed E-state index contributed by atoms with van der Waals surface area (Å²) in [5, 5.41) is 14.4. The third-order valence-corrected chi connectivity index (χ3v) is 6.15. The molecule has 30 heavy (non-hydrogen) atoms. The number of benzene rings is 2. The normalized spacial score (nSPS) is 23.1. The molecule has 0 saturated heterocycles. The van der Waals surface area contributed by atoms with E-state index in [0.717, 1.165) is 23.4 Å². The van der Waals surface area contributed by atoms with E-state index in [1.165, 1.54) is 12.8 Å². The summed E-state index contributed by atoms with van der Waals surface area (Å²) in [6.45, 7) is 6.81. The topological polar surface area (TPSA) is 50.7 Å². The van der Waals surface area contributed by atoms with Gasteiger partial charge >= 0.3 is 0 Å². The lowest BCUT2D eigenvalue weighted by Gasteiger charge is -2.36. The van der Waals surface area contributed by atoms with Crippen molar-refractivity contribution in [3.05, 3.63) is 72.2 Å². The molecular formula is C26H35NO3. The summed E-state index contributed by atoms with van der Waals surface area (Å²) in [6, 6.07) is 17.2. The molecule has 1 fully saturated rings. The van der Waals surface area contributed by atoms with Gasteiger partial charge in [-0.25, -0.2) is 0 Å². The number of rotatable bonds is 8. The van der Waals surface area contributed by atoms with Crippen LogP contribution in [0.15, 0.2) is 66.6 Å². The van der Waals surface area contributed by atoms with Crippen LogP contribution < -0.4 is 10.1 Å². The van der Waals surface area contributed by atoms with E-state index >= 15 is 0 Å². The van der Waals surface area contributed by atoms with E-state index in [0.29, 0.717) is 17.8 Å². The molecule has 1 aliphatic carbocycles. The summed E-state index contributed by atoms with van der Waals surface area (Å²) in [4.78, 5) is 0. The van der Waals surface area contributed by atoms with Crippen molar-refractivity contribution in [2.45, 2.75) is 52.2 Å². The Labute approximate surface area is 180 Å². The zero-order valence-corrected chi connectivity index (χ0v) is 18.5. The SMILES string of the molecule is COc1ccc(N[C@@H](/C(O)=C\O[C@@H]2C[C@H](C)CC[C@H]2C(C)C)c2ccccc2)cc1. The van der Waals surface area contributed by atoms with Crippen LogP contribution in [-0.2, 0) is 4.74 Å². The van der Waals surface area contributed by atoms with Crippen LogP contribution in [0.2, 0.25) is 0 Å². The van der Waals surface area contributed by atoms with Gasteiger partial charge in [-0.3, -0.25) is 0 Å². The molecule has 0 heterocycles. The number of hydrogen-bond acceptors (Lipinski definition) is 4. The monoisotopic (exact) mass is 409 g/mol. The number of aliphatic hydroxyl groups is 1. The Balaban J connectivity index is 1.79. The molecule has 0 amide bonds. The van der Waals surface area contributed by atoms with Crippen LogP contribution in [0.3, 0.4) is 0 Å². The fourth-order valence-corrected chi connectivity index (χ4v) is 4.32. The maximum absolute atomic E-state index is 11.0. The second kappa shape index (κ2) is 10.4. The van der Waals surface area contributed by atoms with Crippen molar-refractivity contribution in [1.29, 1.82) is 0 Å². The molecule has 0 spiro atoms. The molecule has 4 atom stereocenters. The van der Waals surface area contributed by atoms with Crippen molar-refractivity contribution in [3.8, 4) is 5.75 Å². The Morgan fingerprint density at radius 2 is 1.77 bits per heavy atom. The van der Waals surface area contributed by atoms with Gasteiger partial charge in [-0.1, -0.05) is 57.5 Å². The van der Waals surface area contributed by atoms with Crippen LogP contribution in [0, 0.1) is 17.8 Å². The molecule has 0 bridgehead atoms. The molecule has 4 nitrogen and oxygen atoms in total. The van der Waals surface area contributed by atoms with E-state index in [9.17, 15) is 5.11 Å². The van der Waals surface area contributed by atoms with Gasteiger partial charge in [0.2, 0.25) is 0 Å². The Morgan fingerprint density at radius 3 is 2.40 bits per heavy atom. The molecule has 0 unspecified atom stereocenters. The number of ether oxygens (including phenoxy) is 2. The summed E-state index contributed by atoms with van der Waals surface area (Å²) in [7, 11) is 1.65. The zero-order chi connectivity index (χ0) is 21.5. The summed E-state index contributed by atoms with van der Waals surface area (Å²) in [5.74, 6) is 2.72. The molecule has 162 valence electrons. The van der Waals surface area contributed by atoms with E-state index in [2.05, 4.69) is 26.1 Å². The van der Waals surface area contributed by atoms with Gasteiger partial charge in [-0.2, -0.15) is 0 Å². The molecule has 1 aliphatic rings. The molecule has 0 radical (unpaired) electrons. The van der Waals surface area contributed by atoms with Crippen molar-refractivity contribution in [1.82, 2.24) is 0 Å². The number of anilines is 1. The minimum absolute atomic E-state index is 0.147. The van der Waals surface area contributed by atoms with Crippen LogP contribution in [0.25, 0.3) is 0 Å². The van der Waals surface area contributed by atoms with E-state index in [-0.39, 0.29) is 11.9 Å². The van der Waals surface area contributed by atoms with Gasteiger partial charge in [-0.15, -0.1) is 0 Å². The predicted octanol–water partition coefficient (Wildman–Crippen LogP) is 6.73. The van der Waals surface area contributed by atoms with Crippen LogP contribution in [0.5, 0.6) is 5.75 Å². The first kappa shape index (κ1) is 22.1. The van der Waals surface area contributed by atoms with Gasteiger partial charge in [0.05, 0.1) is 7.11 Å². The standard InChI is InChI=1S/C26H35NO3/c1-18(2)23-15-10-19(3)16-25(23)30-17-24(28)26(20-8-6-5-7-9-20)27-21-11-13-22(29-4)14-12-21/h5-9,11-14,17-19,23,25-28H,10,15-16H2,1-4H3/b24-17+/t19-,23+,25-,26-/m1/s1. The largest absolute Gasteiger partial charge is 0.507 e.